The number of amides is 1. The molecule has 6 nitrogen and oxygen atoms in total. The fraction of sp³-hybridized carbons (Fsp3) is 0.467. The molecule has 1 aliphatic rings. The highest BCUT2D eigenvalue weighted by molar-refractivity contribution is 5.78. The highest BCUT2D eigenvalue weighted by Crippen LogP contribution is 2.40. The van der Waals surface area contributed by atoms with E-state index in [0.717, 1.165) is 0 Å². The predicted octanol–water partition coefficient (Wildman–Crippen LogP) is 0.894. The van der Waals surface area contributed by atoms with E-state index < -0.39 is 17.7 Å². The van der Waals surface area contributed by atoms with Crippen molar-refractivity contribution in [2.75, 3.05) is 13.7 Å². The molecular weight excluding hydrogens is 272 g/mol. The molecule has 2 atom stereocenters. The minimum Gasteiger partial charge on any atom is -0.485 e. The number of carbonyl (C=O) groups excluding carboxylic acids is 1. The van der Waals surface area contributed by atoms with Crippen LogP contribution in [0.25, 0.3) is 0 Å². The molecule has 112 valence electrons. The van der Waals surface area contributed by atoms with E-state index in [4.69, 9.17) is 14.7 Å². The Hall–Kier alpha value is -2.10. The molecule has 0 saturated heterocycles. The van der Waals surface area contributed by atoms with Gasteiger partial charge >= 0.3 is 0 Å². The highest BCUT2D eigenvalue weighted by Gasteiger charge is 2.43. The average Bonchev–Trinajstić information content (AvgIpc) is 2.43. The van der Waals surface area contributed by atoms with Gasteiger partial charge in [-0.3, -0.25) is 4.79 Å². The second-order valence-corrected chi connectivity index (χ2v) is 5.49. The zero-order chi connectivity index (χ0) is 15.6. The molecular formula is C15H18N2O4. The normalized spacial score (nSPS) is 22.6. The van der Waals surface area contributed by atoms with Crippen molar-refractivity contribution >= 4 is 5.91 Å². The quantitative estimate of drug-likeness (QED) is 0.862. The van der Waals surface area contributed by atoms with E-state index in [1.807, 2.05) is 6.07 Å². The number of fused-ring (bicyclic) bond motifs is 1. The van der Waals surface area contributed by atoms with E-state index in [1.54, 1.807) is 32.0 Å². The number of hydrogen-bond donors (Lipinski definition) is 2. The third-order valence-corrected chi connectivity index (χ3v) is 3.47. The first kappa shape index (κ1) is 15.3. The van der Waals surface area contributed by atoms with Crippen LogP contribution in [0.2, 0.25) is 0 Å². The van der Waals surface area contributed by atoms with E-state index in [9.17, 15) is 9.90 Å². The average molecular weight is 290 g/mol. The maximum absolute atomic E-state index is 11.8. The van der Waals surface area contributed by atoms with Gasteiger partial charge in [-0.15, -0.1) is 0 Å². The maximum atomic E-state index is 11.8. The van der Waals surface area contributed by atoms with Crippen LogP contribution in [-0.2, 0) is 9.53 Å². The topological polar surface area (TPSA) is 91.6 Å². The first-order valence-corrected chi connectivity index (χ1v) is 6.58. The summed E-state index contributed by atoms with van der Waals surface area (Å²) in [6, 6.07) is 6.32. The van der Waals surface area contributed by atoms with Gasteiger partial charge in [0.05, 0.1) is 17.7 Å². The van der Waals surface area contributed by atoms with Crippen molar-refractivity contribution in [3.63, 3.8) is 0 Å². The largest absolute Gasteiger partial charge is 0.485 e. The number of nitrogens with zero attached hydrogens (tertiary/aromatic N) is 1. The molecule has 1 aromatic carbocycles. The third kappa shape index (κ3) is 2.99. The molecule has 0 bridgehead atoms. The van der Waals surface area contributed by atoms with E-state index in [-0.39, 0.29) is 12.5 Å². The van der Waals surface area contributed by atoms with Gasteiger partial charge in [-0.05, 0) is 32.0 Å². The molecule has 1 unspecified atom stereocenters. The molecule has 0 fully saturated rings. The van der Waals surface area contributed by atoms with Gasteiger partial charge < -0.3 is 19.9 Å². The first-order chi connectivity index (χ1) is 9.89. The number of benzene rings is 1. The highest BCUT2D eigenvalue weighted by atomic mass is 16.5. The molecule has 0 aliphatic carbocycles. The fourth-order valence-corrected chi connectivity index (χ4v) is 2.37. The summed E-state index contributed by atoms with van der Waals surface area (Å²) in [4.78, 5) is 11.8. The number of rotatable bonds is 3. The van der Waals surface area contributed by atoms with Crippen LogP contribution >= 0.6 is 0 Å². The summed E-state index contributed by atoms with van der Waals surface area (Å²) in [6.07, 6.45) is -0.945. The Morgan fingerprint density at radius 3 is 2.90 bits per heavy atom. The second-order valence-electron chi connectivity index (χ2n) is 5.49. The second kappa shape index (κ2) is 5.72. The number of aliphatic hydroxyl groups is 1. The van der Waals surface area contributed by atoms with Crippen molar-refractivity contribution in [2.24, 2.45) is 0 Å². The molecule has 1 amide bonds. The van der Waals surface area contributed by atoms with Gasteiger partial charge in [0.2, 0.25) is 5.91 Å². The number of nitriles is 1. The van der Waals surface area contributed by atoms with E-state index in [0.29, 0.717) is 16.9 Å². The Morgan fingerprint density at radius 2 is 2.29 bits per heavy atom. The van der Waals surface area contributed by atoms with Gasteiger partial charge in [-0.2, -0.15) is 5.26 Å². The van der Waals surface area contributed by atoms with Crippen LogP contribution in [-0.4, -0.2) is 36.4 Å². The zero-order valence-electron chi connectivity index (χ0n) is 12.2. The lowest BCUT2D eigenvalue weighted by atomic mass is 9.86. The Balaban J connectivity index is 2.42. The Morgan fingerprint density at radius 1 is 1.57 bits per heavy atom. The molecule has 0 aromatic heterocycles. The number of nitrogens with one attached hydrogen (secondary N) is 1. The van der Waals surface area contributed by atoms with Crippen molar-refractivity contribution in [3.05, 3.63) is 29.3 Å². The molecule has 6 heteroatoms. The van der Waals surface area contributed by atoms with Crippen LogP contribution in [0.4, 0.5) is 0 Å². The lowest BCUT2D eigenvalue weighted by molar-refractivity contribution is -0.129. The lowest BCUT2D eigenvalue weighted by Crippen LogP contribution is -2.53. The number of methoxy groups -OCH3 is 1. The van der Waals surface area contributed by atoms with Crippen molar-refractivity contribution in [2.45, 2.75) is 31.6 Å². The SMILES string of the molecule is COCC(=O)NC1c2cc(C#N)ccc2OC(C)(C)[C@H]1O. The number of aliphatic hydroxyl groups excluding tert-OH is 1. The van der Waals surface area contributed by atoms with Gasteiger partial charge in [0.15, 0.2) is 0 Å². The maximum Gasteiger partial charge on any atom is 0.246 e. The molecule has 1 aromatic rings. The summed E-state index contributed by atoms with van der Waals surface area (Å²) < 4.78 is 10.5. The molecule has 2 N–H and O–H groups in total. The molecule has 2 rings (SSSR count). The Bertz CT molecular complexity index is 592. The zero-order valence-corrected chi connectivity index (χ0v) is 12.2. The number of hydrogen-bond acceptors (Lipinski definition) is 5. The van der Waals surface area contributed by atoms with Crippen molar-refractivity contribution < 1.29 is 19.4 Å². The monoisotopic (exact) mass is 290 g/mol. The minimum atomic E-state index is -0.945. The van der Waals surface area contributed by atoms with Crippen molar-refractivity contribution in [3.8, 4) is 11.8 Å². The number of carbonyl (C=O) groups is 1. The van der Waals surface area contributed by atoms with Crippen LogP contribution in [0, 0.1) is 11.3 Å². The first-order valence-electron chi connectivity index (χ1n) is 6.58. The molecule has 0 saturated carbocycles. The molecule has 0 radical (unpaired) electrons. The van der Waals surface area contributed by atoms with Crippen LogP contribution < -0.4 is 10.1 Å². The summed E-state index contributed by atoms with van der Waals surface area (Å²) >= 11 is 0. The summed E-state index contributed by atoms with van der Waals surface area (Å²) in [7, 11) is 1.42. The third-order valence-electron chi connectivity index (χ3n) is 3.47. The summed E-state index contributed by atoms with van der Waals surface area (Å²) in [5, 5.41) is 22.2. The van der Waals surface area contributed by atoms with Crippen LogP contribution in [0.1, 0.15) is 31.0 Å². The van der Waals surface area contributed by atoms with Gasteiger partial charge in [0.1, 0.15) is 24.1 Å². The minimum absolute atomic E-state index is 0.0994. The van der Waals surface area contributed by atoms with Crippen LogP contribution in [0.5, 0.6) is 5.75 Å². The fourth-order valence-electron chi connectivity index (χ4n) is 2.37. The van der Waals surface area contributed by atoms with Crippen molar-refractivity contribution in [1.29, 1.82) is 5.26 Å². The smallest absolute Gasteiger partial charge is 0.246 e. The standard InChI is InChI=1S/C15H18N2O4/c1-15(2)14(19)13(17-12(18)8-20-3)10-6-9(7-16)4-5-11(10)21-15/h4-6,13-14,19H,8H2,1-3H3,(H,17,18)/t13?,14-/m0/s1. The number of ether oxygens (including phenoxy) is 2. The van der Waals surface area contributed by atoms with E-state index in [1.165, 1.54) is 7.11 Å². The van der Waals surface area contributed by atoms with Gasteiger partial charge in [0, 0.05) is 12.7 Å². The molecule has 1 aliphatic heterocycles. The van der Waals surface area contributed by atoms with Crippen LogP contribution in [0.15, 0.2) is 18.2 Å². The van der Waals surface area contributed by atoms with Gasteiger partial charge in [-0.1, -0.05) is 0 Å². The molecule has 0 spiro atoms. The van der Waals surface area contributed by atoms with E-state index in [2.05, 4.69) is 5.32 Å². The van der Waals surface area contributed by atoms with Crippen molar-refractivity contribution in [1.82, 2.24) is 5.32 Å². The predicted molar refractivity (Wildman–Crippen MR) is 74.6 cm³/mol. The van der Waals surface area contributed by atoms with E-state index >= 15 is 0 Å². The Labute approximate surface area is 123 Å². The van der Waals surface area contributed by atoms with Gasteiger partial charge in [-0.25, -0.2) is 0 Å². The summed E-state index contributed by atoms with van der Waals surface area (Å²) in [5.41, 5.74) is 0.173. The summed E-state index contributed by atoms with van der Waals surface area (Å²) in [5.74, 6) is 0.208. The molecule has 21 heavy (non-hydrogen) atoms. The summed E-state index contributed by atoms with van der Waals surface area (Å²) in [6.45, 7) is 3.39. The van der Waals surface area contributed by atoms with Gasteiger partial charge in [0.25, 0.3) is 0 Å². The Kier molecular flexibility index (Phi) is 4.16. The van der Waals surface area contributed by atoms with Crippen LogP contribution in [0.3, 0.4) is 0 Å². The lowest BCUT2D eigenvalue weighted by Gasteiger charge is -2.42. The molecule has 1 heterocycles.